The molecule has 130 valence electrons. The zero-order chi connectivity index (χ0) is 17.1. The lowest BCUT2D eigenvalue weighted by Gasteiger charge is -2.31. The van der Waals surface area contributed by atoms with Crippen LogP contribution in [0.4, 0.5) is 5.69 Å². The number of hydrogen-bond acceptors (Lipinski definition) is 6. The van der Waals surface area contributed by atoms with Crippen molar-refractivity contribution in [1.29, 1.82) is 5.26 Å². The maximum atomic E-state index is 12.0. The number of anilines is 1. The van der Waals surface area contributed by atoms with E-state index in [1.54, 1.807) is 11.9 Å². The van der Waals surface area contributed by atoms with Gasteiger partial charge in [-0.05, 0) is 25.5 Å². The van der Waals surface area contributed by atoms with Gasteiger partial charge in [-0.1, -0.05) is 24.3 Å². The van der Waals surface area contributed by atoms with E-state index < -0.39 is 0 Å². The van der Waals surface area contributed by atoms with E-state index in [0.717, 1.165) is 11.3 Å². The number of carbonyl (C=O) groups excluding carboxylic acids is 1. The van der Waals surface area contributed by atoms with Gasteiger partial charge in [0.15, 0.2) is 0 Å². The zero-order valence-electron chi connectivity index (χ0n) is 13.8. The number of halogens is 1. The highest BCUT2D eigenvalue weighted by Gasteiger charge is 2.33. The molecular weight excluding hydrogens is 340 g/mol. The van der Waals surface area contributed by atoms with Crippen LogP contribution in [-0.4, -0.2) is 18.3 Å². The highest BCUT2D eigenvalue weighted by molar-refractivity contribution is 6.09. The Kier molecular flexibility index (Phi) is 5.84. The van der Waals surface area contributed by atoms with Crippen molar-refractivity contribution in [2.24, 2.45) is 16.8 Å². The molecular formula is C18H19ClN4O2. The van der Waals surface area contributed by atoms with Crippen molar-refractivity contribution in [1.82, 2.24) is 0 Å². The van der Waals surface area contributed by atoms with Gasteiger partial charge < -0.3 is 10.5 Å². The fraction of sp³-hybridized carbons (Fsp3) is 0.278. The van der Waals surface area contributed by atoms with Crippen LogP contribution in [0.1, 0.15) is 19.8 Å². The highest BCUT2D eigenvalue weighted by Crippen LogP contribution is 2.33. The molecule has 1 unspecified atom stereocenters. The lowest BCUT2D eigenvalue weighted by atomic mass is 9.84. The lowest BCUT2D eigenvalue weighted by molar-refractivity contribution is -0.147. The van der Waals surface area contributed by atoms with E-state index in [9.17, 15) is 10.1 Å². The minimum absolute atomic E-state index is 0. The molecule has 1 aromatic carbocycles. The Balaban J connectivity index is 0.00000225. The van der Waals surface area contributed by atoms with Crippen molar-refractivity contribution in [3.05, 3.63) is 53.4 Å². The Morgan fingerprint density at radius 3 is 2.80 bits per heavy atom. The van der Waals surface area contributed by atoms with Crippen molar-refractivity contribution in [3.8, 4) is 6.07 Å². The van der Waals surface area contributed by atoms with E-state index in [1.165, 1.54) is 0 Å². The summed E-state index contributed by atoms with van der Waals surface area (Å²) >= 11 is 0. The lowest BCUT2D eigenvalue weighted by Crippen LogP contribution is -2.34. The predicted octanol–water partition coefficient (Wildman–Crippen LogP) is 2.88. The van der Waals surface area contributed by atoms with E-state index in [4.69, 9.17) is 10.5 Å². The summed E-state index contributed by atoms with van der Waals surface area (Å²) in [6.07, 6.45) is 2.82. The Morgan fingerprint density at radius 1 is 1.44 bits per heavy atom. The summed E-state index contributed by atoms with van der Waals surface area (Å²) in [7, 11) is 0. The van der Waals surface area contributed by atoms with Crippen LogP contribution in [0.25, 0.3) is 0 Å². The summed E-state index contributed by atoms with van der Waals surface area (Å²) in [5.41, 5.74) is 8.74. The van der Waals surface area contributed by atoms with E-state index in [-0.39, 0.29) is 24.3 Å². The third-order valence-corrected chi connectivity index (χ3v) is 4.06. The SMILES string of the molecule is CCOC(=O)C1CC=C2C(=NN(c3ccccc3)C(N)=C2C#N)C1.Cl. The molecule has 0 fully saturated rings. The van der Waals surface area contributed by atoms with Crippen LogP contribution in [0.3, 0.4) is 0 Å². The molecule has 0 radical (unpaired) electrons. The Morgan fingerprint density at radius 2 is 2.16 bits per heavy atom. The molecule has 2 N–H and O–H groups in total. The first kappa shape index (κ1) is 18.6. The van der Waals surface area contributed by atoms with Crippen LogP contribution in [0.15, 0.2) is 58.5 Å². The number of ether oxygens (including phenoxy) is 1. The van der Waals surface area contributed by atoms with Crippen molar-refractivity contribution < 1.29 is 9.53 Å². The highest BCUT2D eigenvalue weighted by atomic mass is 35.5. The molecule has 6 nitrogen and oxygen atoms in total. The monoisotopic (exact) mass is 358 g/mol. The first-order valence-electron chi connectivity index (χ1n) is 7.85. The molecule has 0 bridgehead atoms. The quantitative estimate of drug-likeness (QED) is 0.839. The number of benzene rings is 1. The van der Waals surface area contributed by atoms with Crippen LogP contribution in [0.5, 0.6) is 0 Å². The maximum Gasteiger partial charge on any atom is 0.309 e. The average Bonchev–Trinajstić information content (AvgIpc) is 2.62. The number of nitrogens with zero attached hydrogens (tertiary/aromatic N) is 3. The van der Waals surface area contributed by atoms with Crippen LogP contribution in [0.2, 0.25) is 0 Å². The number of fused-ring (bicyclic) bond motifs is 1. The Bertz CT molecular complexity index is 793. The molecule has 0 saturated heterocycles. The van der Waals surface area contributed by atoms with Crippen molar-refractivity contribution in [3.63, 3.8) is 0 Å². The molecule has 0 spiro atoms. The first-order valence-corrected chi connectivity index (χ1v) is 7.85. The standard InChI is InChI=1S/C18H18N4O2.ClH/c1-2-24-18(23)12-8-9-14-15(11-19)17(20)22(21-16(14)10-12)13-6-4-3-5-7-13;/h3-7,9,12H,2,8,10,20H2,1H3;1H. The van der Waals surface area contributed by atoms with Gasteiger partial charge in [-0.3, -0.25) is 4.79 Å². The number of allylic oxidation sites excluding steroid dienone is 3. The second-order valence-electron chi connectivity index (χ2n) is 5.57. The summed E-state index contributed by atoms with van der Waals surface area (Å²) < 4.78 is 5.11. The molecule has 1 heterocycles. The molecule has 0 saturated carbocycles. The van der Waals surface area contributed by atoms with Crippen LogP contribution in [-0.2, 0) is 9.53 Å². The van der Waals surface area contributed by atoms with E-state index in [1.807, 2.05) is 36.4 Å². The minimum Gasteiger partial charge on any atom is -0.466 e. The summed E-state index contributed by atoms with van der Waals surface area (Å²) in [5, 5.41) is 15.7. The van der Waals surface area contributed by atoms with Crippen molar-refractivity contribution in [2.45, 2.75) is 19.8 Å². The van der Waals surface area contributed by atoms with Crippen molar-refractivity contribution in [2.75, 3.05) is 11.6 Å². The molecule has 1 aliphatic heterocycles. The number of hydrogen-bond donors (Lipinski definition) is 1. The normalized spacial score (nSPS) is 19.0. The number of nitriles is 1. The van der Waals surface area contributed by atoms with Gasteiger partial charge in [0.05, 0.1) is 23.9 Å². The zero-order valence-corrected chi connectivity index (χ0v) is 14.6. The van der Waals surface area contributed by atoms with Gasteiger partial charge >= 0.3 is 5.97 Å². The Hall–Kier alpha value is -2.78. The second kappa shape index (κ2) is 7.86. The van der Waals surface area contributed by atoms with E-state index in [2.05, 4.69) is 11.2 Å². The molecule has 3 rings (SSSR count). The topological polar surface area (TPSA) is 91.7 Å². The van der Waals surface area contributed by atoms with E-state index in [0.29, 0.717) is 36.6 Å². The third kappa shape index (κ3) is 3.52. The van der Waals surface area contributed by atoms with E-state index >= 15 is 0 Å². The molecule has 1 aliphatic carbocycles. The van der Waals surface area contributed by atoms with Gasteiger partial charge in [0.25, 0.3) is 0 Å². The Labute approximate surface area is 152 Å². The molecule has 25 heavy (non-hydrogen) atoms. The molecule has 2 aliphatic rings. The largest absolute Gasteiger partial charge is 0.466 e. The molecule has 1 aromatic rings. The van der Waals surface area contributed by atoms with Crippen molar-refractivity contribution >= 4 is 29.8 Å². The number of carbonyl (C=O) groups is 1. The molecule has 7 heteroatoms. The number of para-hydroxylation sites is 1. The summed E-state index contributed by atoms with van der Waals surface area (Å²) in [4.78, 5) is 12.0. The summed E-state index contributed by atoms with van der Waals surface area (Å²) in [6.45, 7) is 2.14. The molecule has 0 amide bonds. The van der Waals surface area contributed by atoms with Gasteiger partial charge in [0.1, 0.15) is 17.5 Å². The number of hydrazone groups is 1. The fourth-order valence-electron chi connectivity index (χ4n) is 2.89. The first-order chi connectivity index (χ1) is 11.7. The van der Waals surface area contributed by atoms with Gasteiger partial charge in [-0.15, -0.1) is 12.4 Å². The summed E-state index contributed by atoms with van der Waals surface area (Å²) in [6, 6.07) is 11.6. The van der Waals surface area contributed by atoms with Crippen LogP contribution >= 0.6 is 12.4 Å². The third-order valence-electron chi connectivity index (χ3n) is 4.06. The van der Waals surface area contributed by atoms with Gasteiger partial charge in [-0.25, -0.2) is 5.01 Å². The fourth-order valence-corrected chi connectivity index (χ4v) is 2.89. The van der Waals surface area contributed by atoms with Crippen LogP contribution in [0, 0.1) is 17.2 Å². The average molecular weight is 359 g/mol. The van der Waals surface area contributed by atoms with Gasteiger partial charge in [0.2, 0.25) is 0 Å². The number of nitrogens with two attached hydrogens (primary N) is 1. The number of esters is 1. The molecule has 0 aromatic heterocycles. The summed E-state index contributed by atoms with van der Waals surface area (Å²) in [5.74, 6) is -0.208. The number of rotatable bonds is 3. The van der Waals surface area contributed by atoms with Crippen LogP contribution < -0.4 is 10.7 Å². The molecule has 1 atom stereocenters. The minimum atomic E-state index is -0.274. The smallest absolute Gasteiger partial charge is 0.309 e. The van der Waals surface area contributed by atoms with Gasteiger partial charge in [-0.2, -0.15) is 10.4 Å². The second-order valence-corrected chi connectivity index (χ2v) is 5.57. The predicted molar refractivity (Wildman–Crippen MR) is 97.9 cm³/mol. The maximum absolute atomic E-state index is 12.0. The van der Waals surface area contributed by atoms with Gasteiger partial charge in [0, 0.05) is 12.0 Å².